The molecule has 0 aliphatic rings. The molecule has 0 aliphatic carbocycles. The van der Waals surface area contributed by atoms with Crippen LogP contribution in [0.3, 0.4) is 0 Å². The van der Waals surface area contributed by atoms with Gasteiger partial charge in [-0.05, 0) is 95.4 Å². The van der Waals surface area contributed by atoms with Gasteiger partial charge >= 0.3 is 0 Å². The summed E-state index contributed by atoms with van der Waals surface area (Å²) in [6, 6.07) is 45.5. The summed E-state index contributed by atoms with van der Waals surface area (Å²) in [5, 5.41) is 0. The van der Waals surface area contributed by atoms with E-state index in [1.807, 2.05) is 79.1 Å². The number of ether oxygens (including phenoxy) is 1. The highest BCUT2D eigenvalue weighted by molar-refractivity contribution is 5.79. The number of nitrogens with zero attached hydrogens (tertiary/aromatic N) is 2. The van der Waals surface area contributed by atoms with E-state index in [0.717, 1.165) is 51.6 Å². The van der Waals surface area contributed by atoms with Crippen LogP contribution in [0.1, 0.15) is 11.1 Å². The second-order valence-electron chi connectivity index (χ2n) is 9.16. The van der Waals surface area contributed by atoms with Gasteiger partial charge in [-0.1, -0.05) is 66.7 Å². The van der Waals surface area contributed by atoms with Crippen molar-refractivity contribution in [3.05, 3.63) is 157 Å². The number of benzene rings is 4. The van der Waals surface area contributed by atoms with Gasteiger partial charge in [0.25, 0.3) is 0 Å². The van der Waals surface area contributed by atoms with Gasteiger partial charge in [0.1, 0.15) is 11.5 Å². The van der Waals surface area contributed by atoms with E-state index in [2.05, 4.69) is 76.7 Å². The molecule has 4 aromatic carbocycles. The van der Waals surface area contributed by atoms with Crippen LogP contribution in [0.4, 0.5) is 0 Å². The Morgan fingerprint density at radius 2 is 0.921 bits per heavy atom. The average molecular weight is 491 g/mol. The second kappa shape index (κ2) is 10.9. The summed E-state index contributed by atoms with van der Waals surface area (Å²) in [4.78, 5) is 9.14. The van der Waals surface area contributed by atoms with Crippen LogP contribution in [0, 0.1) is 0 Å². The Bertz CT molecular complexity index is 1560. The molecule has 6 aromatic rings. The van der Waals surface area contributed by atoms with E-state index in [1.54, 1.807) is 0 Å². The molecule has 3 heteroatoms. The Morgan fingerprint density at radius 3 is 1.47 bits per heavy atom. The van der Waals surface area contributed by atoms with Crippen molar-refractivity contribution in [1.82, 2.24) is 9.97 Å². The molecule has 0 atom stereocenters. The molecule has 0 spiro atoms. The fourth-order valence-corrected chi connectivity index (χ4v) is 4.52. The predicted molar refractivity (Wildman–Crippen MR) is 154 cm³/mol. The number of hydrogen-bond donors (Lipinski definition) is 0. The summed E-state index contributed by atoms with van der Waals surface area (Å²) in [5.41, 5.74) is 8.74. The number of pyridine rings is 2. The topological polar surface area (TPSA) is 35.0 Å². The molecule has 0 fully saturated rings. The first kappa shape index (κ1) is 23.4. The number of hydrogen-bond acceptors (Lipinski definition) is 3. The maximum Gasteiger partial charge on any atom is 0.127 e. The monoisotopic (exact) mass is 490 g/mol. The highest BCUT2D eigenvalue weighted by Gasteiger charge is 2.09. The smallest absolute Gasteiger partial charge is 0.127 e. The molecule has 6 rings (SSSR count). The van der Waals surface area contributed by atoms with Gasteiger partial charge in [-0.2, -0.15) is 0 Å². The minimum absolute atomic E-state index is 0.801. The third kappa shape index (κ3) is 5.53. The molecule has 0 amide bonds. The van der Waals surface area contributed by atoms with Gasteiger partial charge in [0.2, 0.25) is 0 Å². The molecular formula is C35H26N2O. The van der Waals surface area contributed by atoms with E-state index in [9.17, 15) is 0 Å². The number of rotatable bonds is 7. The maximum absolute atomic E-state index is 6.14. The van der Waals surface area contributed by atoms with Crippen LogP contribution in [-0.4, -0.2) is 9.97 Å². The van der Waals surface area contributed by atoms with E-state index in [1.165, 1.54) is 11.1 Å². The summed E-state index contributed by atoms with van der Waals surface area (Å²) in [6.45, 7) is 0. The van der Waals surface area contributed by atoms with Gasteiger partial charge in [-0.3, -0.25) is 9.97 Å². The molecule has 0 unspecified atom stereocenters. The molecule has 2 heterocycles. The van der Waals surface area contributed by atoms with Crippen molar-refractivity contribution in [3.8, 4) is 45.1 Å². The summed E-state index contributed by atoms with van der Waals surface area (Å²) in [6.07, 6.45) is 4.56. The fourth-order valence-electron chi connectivity index (χ4n) is 4.52. The highest BCUT2D eigenvalue weighted by atomic mass is 16.5. The van der Waals surface area contributed by atoms with Crippen molar-refractivity contribution >= 4 is 0 Å². The zero-order valence-corrected chi connectivity index (χ0v) is 20.9. The van der Waals surface area contributed by atoms with Crippen LogP contribution in [0.5, 0.6) is 11.5 Å². The summed E-state index contributed by atoms with van der Waals surface area (Å²) in [5.74, 6) is 1.62. The zero-order valence-electron chi connectivity index (χ0n) is 20.9. The Balaban J connectivity index is 1.24. The average Bonchev–Trinajstić information content (AvgIpc) is 3.00. The summed E-state index contributed by atoms with van der Waals surface area (Å²) >= 11 is 0. The van der Waals surface area contributed by atoms with Crippen molar-refractivity contribution in [2.45, 2.75) is 6.42 Å². The molecule has 0 radical (unpaired) electrons. The molecule has 0 bridgehead atoms. The van der Waals surface area contributed by atoms with Gasteiger partial charge in [0.15, 0.2) is 0 Å². The standard InChI is InChI=1S/C35H26N2O/c1-2-8-26(9-3-1)22-27-12-16-32(17-13-27)38-33-18-14-28(15-19-33)29-23-30(34-10-4-6-20-36-34)25-31(24-29)35-11-5-7-21-37-35/h1-21,23-25H,22H2. The lowest BCUT2D eigenvalue weighted by Gasteiger charge is -2.11. The van der Waals surface area contributed by atoms with Crippen molar-refractivity contribution in [2.24, 2.45) is 0 Å². The third-order valence-corrected chi connectivity index (χ3v) is 6.45. The summed E-state index contributed by atoms with van der Waals surface area (Å²) < 4.78 is 6.14. The lowest BCUT2D eigenvalue weighted by atomic mass is 9.96. The normalized spacial score (nSPS) is 10.7. The number of aromatic nitrogens is 2. The minimum Gasteiger partial charge on any atom is -0.457 e. The first-order valence-electron chi connectivity index (χ1n) is 12.7. The van der Waals surface area contributed by atoms with Crippen molar-refractivity contribution in [1.29, 1.82) is 0 Å². The molecule has 0 N–H and O–H groups in total. The van der Waals surface area contributed by atoms with E-state index in [-0.39, 0.29) is 0 Å². The van der Waals surface area contributed by atoms with Crippen LogP contribution < -0.4 is 4.74 Å². The fraction of sp³-hybridized carbons (Fsp3) is 0.0286. The van der Waals surface area contributed by atoms with Crippen molar-refractivity contribution in [2.75, 3.05) is 0 Å². The minimum atomic E-state index is 0.801. The SMILES string of the molecule is c1ccc(Cc2ccc(Oc3ccc(-c4cc(-c5ccccn5)cc(-c5ccccn5)c4)cc3)cc2)cc1. The molecule has 182 valence electrons. The van der Waals surface area contributed by atoms with E-state index >= 15 is 0 Å². The van der Waals surface area contributed by atoms with Gasteiger partial charge in [-0.15, -0.1) is 0 Å². The van der Waals surface area contributed by atoms with E-state index in [4.69, 9.17) is 4.74 Å². The second-order valence-corrected chi connectivity index (χ2v) is 9.16. The van der Waals surface area contributed by atoms with Crippen LogP contribution in [0.2, 0.25) is 0 Å². The Labute approximate surface area is 223 Å². The maximum atomic E-state index is 6.14. The third-order valence-electron chi connectivity index (χ3n) is 6.45. The highest BCUT2D eigenvalue weighted by Crippen LogP contribution is 2.33. The summed E-state index contributed by atoms with van der Waals surface area (Å²) in [7, 11) is 0. The first-order chi connectivity index (χ1) is 18.8. The zero-order chi connectivity index (χ0) is 25.6. The quantitative estimate of drug-likeness (QED) is 0.224. The molecule has 0 saturated heterocycles. The largest absolute Gasteiger partial charge is 0.457 e. The predicted octanol–water partition coefficient (Wildman–Crippen LogP) is 8.86. The molecule has 0 aliphatic heterocycles. The van der Waals surface area contributed by atoms with Crippen molar-refractivity contribution in [3.63, 3.8) is 0 Å². The van der Waals surface area contributed by atoms with E-state index < -0.39 is 0 Å². The van der Waals surface area contributed by atoms with Crippen LogP contribution in [0.15, 0.2) is 146 Å². The van der Waals surface area contributed by atoms with Crippen LogP contribution in [-0.2, 0) is 6.42 Å². The molecule has 38 heavy (non-hydrogen) atoms. The van der Waals surface area contributed by atoms with Gasteiger partial charge in [-0.25, -0.2) is 0 Å². The van der Waals surface area contributed by atoms with Crippen LogP contribution in [0.25, 0.3) is 33.6 Å². The molecule has 2 aromatic heterocycles. The Hall–Kier alpha value is -5.02. The Kier molecular flexibility index (Phi) is 6.73. The van der Waals surface area contributed by atoms with E-state index in [0.29, 0.717) is 0 Å². The van der Waals surface area contributed by atoms with Crippen LogP contribution >= 0.6 is 0 Å². The molecular weight excluding hydrogens is 464 g/mol. The lowest BCUT2D eigenvalue weighted by Crippen LogP contribution is -1.90. The van der Waals surface area contributed by atoms with Gasteiger partial charge in [0.05, 0.1) is 11.4 Å². The Morgan fingerprint density at radius 1 is 0.421 bits per heavy atom. The van der Waals surface area contributed by atoms with Crippen molar-refractivity contribution < 1.29 is 4.74 Å². The van der Waals surface area contributed by atoms with Gasteiger partial charge < -0.3 is 4.74 Å². The molecule has 0 saturated carbocycles. The molecule has 3 nitrogen and oxygen atoms in total. The lowest BCUT2D eigenvalue weighted by molar-refractivity contribution is 0.482. The van der Waals surface area contributed by atoms with Gasteiger partial charge in [0, 0.05) is 23.5 Å². The first-order valence-corrected chi connectivity index (χ1v) is 12.7.